The number of benzene rings is 1. The molecule has 0 radical (unpaired) electrons. The van der Waals surface area contributed by atoms with Gasteiger partial charge in [0.2, 0.25) is 0 Å². The van der Waals surface area contributed by atoms with Crippen LogP contribution in [0.4, 0.5) is 0 Å². The molecular weight excluding hydrogens is 240 g/mol. The van der Waals surface area contributed by atoms with E-state index in [-0.39, 0.29) is 11.0 Å². The van der Waals surface area contributed by atoms with Gasteiger partial charge in [-0.05, 0) is 49.6 Å². The smallest absolute Gasteiger partial charge is 0.175 e. The number of Topliss-reactive ketones (excluding diaryl/α,β-unsaturated/α-hetero) is 1. The van der Waals surface area contributed by atoms with Crippen LogP contribution >= 0.6 is 11.8 Å². The van der Waals surface area contributed by atoms with E-state index in [1.165, 1.54) is 17.5 Å². The van der Waals surface area contributed by atoms with Crippen LogP contribution in [0.5, 0.6) is 0 Å². The Balaban J connectivity index is 2.65. The average molecular weight is 264 g/mol. The number of aryl methyl sites for hydroxylation is 2. The highest BCUT2D eigenvalue weighted by Crippen LogP contribution is 2.21. The van der Waals surface area contributed by atoms with Crippen LogP contribution in [0.15, 0.2) is 18.2 Å². The molecule has 0 saturated heterocycles. The molecule has 100 valence electrons. The first kappa shape index (κ1) is 15.3. The summed E-state index contributed by atoms with van der Waals surface area (Å²) >= 11 is 1.77. The van der Waals surface area contributed by atoms with Crippen molar-refractivity contribution in [2.75, 3.05) is 5.75 Å². The average Bonchev–Trinajstić information content (AvgIpc) is 2.37. The van der Waals surface area contributed by atoms with Crippen molar-refractivity contribution in [3.05, 3.63) is 34.9 Å². The van der Waals surface area contributed by atoms with Crippen LogP contribution in [-0.4, -0.2) is 16.8 Å². The van der Waals surface area contributed by atoms with Crippen molar-refractivity contribution in [2.24, 2.45) is 5.92 Å². The zero-order chi connectivity index (χ0) is 13.7. The Morgan fingerprint density at radius 1 is 1.22 bits per heavy atom. The lowest BCUT2D eigenvalue weighted by Gasteiger charge is -2.14. The number of hydrogen-bond donors (Lipinski definition) is 0. The number of ketones is 1. The fourth-order valence-electron chi connectivity index (χ4n) is 1.63. The van der Waals surface area contributed by atoms with Gasteiger partial charge in [0.1, 0.15) is 0 Å². The van der Waals surface area contributed by atoms with Gasteiger partial charge in [-0.15, -0.1) is 0 Å². The maximum Gasteiger partial charge on any atom is 0.175 e. The summed E-state index contributed by atoms with van der Waals surface area (Å²) in [6.45, 7) is 10.6. The van der Waals surface area contributed by atoms with E-state index in [1.807, 2.05) is 25.1 Å². The minimum Gasteiger partial charge on any atom is -0.293 e. The minimum absolute atomic E-state index is 0.0566. The van der Waals surface area contributed by atoms with Gasteiger partial charge in [0, 0.05) is 5.56 Å². The van der Waals surface area contributed by atoms with Gasteiger partial charge >= 0.3 is 0 Å². The monoisotopic (exact) mass is 264 g/mol. The molecule has 1 nitrogen and oxygen atoms in total. The molecule has 1 rings (SSSR count). The molecule has 1 aromatic carbocycles. The van der Waals surface area contributed by atoms with Crippen molar-refractivity contribution in [2.45, 2.75) is 46.3 Å². The molecule has 0 fully saturated rings. The molecule has 0 spiro atoms. The molecule has 0 N–H and O–H groups in total. The van der Waals surface area contributed by atoms with E-state index in [4.69, 9.17) is 0 Å². The van der Waals surface area contributed by atoms with Gasteiger partial charge in [0.15, 0.2) is 5.78 Å². The molecule has 1 aromatic rings. The number of carbonyl (C=O) groups excluding carboxylic acids is 1. The van der Waals surface area contributed by atoms with Gasteiger partial charge in [-0.2, -0.15) is 11.8 Å². The maximum atomic E-state index is 12.3. The van der Waals surface area contributed by atoms with Crippen LogP contribution in [0.3, 0.4) is 0 Å². The first-order valence-corrected chi connectivity index (χ1v) is 7.73. The second kappa shape index (κ2) is 6.98. The first-order valence-electron chi connectivity index (χ1n) is 6.68. The first-order chi connectivity index (χ1) is 8.45. The van der Waals surface area contributed by atoms with Crippen molar-refractivity contribution in [1.82, 2.24) is 0 Å². The quantitative estimate of drug-likeness (QED) is 0.695. The van der Waals surface area contributed by atoms with Gasteiger partial charge < -0.3 is 0 Å². The third-order valence-electron chi connectivity index (χ3n) is 3.49. The highest BCUT2D eigenvalue weighted by Gasteiger charge is 2.16. The van der Waals surface area contributed by atoms with Gasteiger partial charge in [0.05, 0.1) is 5.25 Å². The van der Waals surface area contributed by atoms with E-state index in [0.717, 1.165) is 11.3 Å². The SMILES string of the molecule is CCC(C)CSC(C)C(=O)c1ccc(C)c(C)c1. The predicted molar refractivity (Wildman–Crippen MR) is 81.6 cm³/mol. The molecule has 0 heterocycles. The number of rotatable bonds is 6. The summed E-state index contributed by atoms with van der Waals surface area (Å²) in [7, 11) is 0. The summed E-state index contributed by atoms with van der Waals surface area (Å²) in [5.41, 5.74) is 3.29. The van der Waals surface area contributed by atoms with Crippen LogP contribution < -0.4 is 0 Å². The zero-order valence-electron chi connectivity index (χ0n) is 12.1. The van der Waals surface area contributed by atoms with Crippen LogP contribution in [0.2, 0.25) is 0 Å². The molecule has 0 bridgehead atoms. The van der Waals surface area contributed by atoms with Crippen LogP contribution in [0.25, 0.3) is 0 Å². The Labute approximate surface area is 115 Å². The second-order valence-electron chi connectivity index (χ2n) is 5.15. The van der Waals surface area contributed by atoms with E-state index in [1.54, 1.807) is 11.8 Å². The summed E-state index contributed by atoms with van der Waals surface area (Å²) < 4.78 is 0. The van der Waals surface area contributed by atoms with E-state index in [9.17, 15) is 4.79 Å². The van der Waals surface area contributed by atoms with Crippen LogP contribution in [0.1, 0.15) is 48.7 Å². The van der Waals surface area contributed by atoms with Crippen molar-refractivity contribution >= 4 is 17.5 Å². The standard InChI is InChI=1S/C16H24OS/c1-6-11(2)10-18-14(5)16(17)15-8-7-12(3)13(4)9-15/h7-9,11,14H,6,10H2,1-5H3. The number of hydrogen-bond acceptors (Lipinski definition) is 2. The largest absolute Gasteiger partial charge is 0.293 e. The van der Waals surface area contributed by atoms with Gasteiger partial charge in [-0.3, -0.25) is 4.79 Å². The third kappa shape index (κ3) is 4.16. The molecule has 0 amide bonds. The molecule has 2 heteroatoms. The van der Waals surface area contributed by atoms with Crippen molar-refractivity contribution in [1.29, 1.82) is 0 Å². The van der Waals surface area contributed by atoms with Gasteiger partial charge in [-0.25, -0.2) is 0 Å². The highest BCUT2D eigenvalue weighted by atomic mass is 32.2. The zero-order valence-corrected chi connectivity index (χ0v) is 12.9. The fraction of sp³-hybridized carbons (Fsp3) is 0.562. The topological polar surface area (TPSA) is 17.1 Å². The Hall–Kier alpha value is -0.760. The van der Waals surface area contributed by atoms with Gasteiger partial charge in [0.25, 0.3) is 0 Å². The molecular formula is C16H24OS. The molecule has 2 atom stereocenters. The Bertz CT molecular complexity index is 412. The van der Waals surface area contributed by atoms with Crippen LogP contribution in [0, 0.1) is 19.8 Å². The van der Waals surface area contributed by atoms with E-state index in [2.05, 4.69) is 27.7 Å². The lowest BCUT2D eigenvalue weighted by atomic mass is 10.0. The molecule has 18 heavy (non-hydrogen) atoms. The van der Waals surface area contributed by atoms with E-state index >= 15 is 0 Å². The molecule has 2 unspecified atom stereocenters. The van der Waals surface area contributed by atoms with Crippen molar-refractivity contribution < 1.29 is 4.79 Å². The molecule has 0 aliphatic rings. The highest BCUT2D eigenvalue weighted by molar-refractivity contribution is 8.00. The predicted octanol–water partition coefficient (Wildman–Crippen LogP) is 4.65. The van der Waals surface area contributed by atoms with Crippen LogP contribution in [-0.2, 0) is 0 Å². The lowest BCUT2D eigenvalue weighted by molar-refractivity contribution is 0.0994. The second-order valence-corrected chi connectivity index (χ2v) is 6.53. The van der Waals surface area contributed by atoms with E-state index in [0.29, 0.717) is 5.92 Å². The summed E-state index contributed by atoms with van der Waals surface area (Å²) in [5.74, 6) is 2.00. The summed E-state index contributed by atoms with van der Waals surface area (Å²) in [6.07, 6.45) is 1.18. The Morgan fingerprint density at radius 3 is 2.44 bits per heavy atom. The maximum absolute atomic E-state index is 12.3. The van der Waals surface area contributed by atoms with E-state index < -0.39 is 0 Å². The molecule has 0 aromatic heterocycles. The van der Waals surface area contributed by atoms with Crippen molar-refractivity contribution in [3.63, 3.8) is 0 Å². The van der Waals surface area contributed by atoms with Gasteiger partial charge in [-0.1, -0.05) is 32.4 Å². The minimum atomic E-state index is 0.0566. The molecule has 0 aliphatic heterocycles. The normalized spacial score (nSPS) is 14.3. The number of thioether (sulfide) groups is 1. The molecule has 0 aliphatic carbocycles. The summed E-state index contributed by atoms with van der Waals surface area (Å²) in [4.78, 5) is 12.3. The summed E-state index contributed by atoms with van der Waals surface area (Å²) in [6, 6.07) is 6.00. The Morgan fingerprint density at radius 2 is 1.89 bits per heavy atom. The Kier molecular flexibility index (Phi) is 5.94. The van der Waals surface area contributed by atoms with Crippen molar-refractivity contribution in [3.8, 4) is 0 Å². The fourth-order valence-corrected chi connectivity index (χ4v) is 2.77. The molecule has 0 saturated carbocycles. The third-order valence-corrected chi connectivity index (χ3v) is 4.96. The summed E-state index contributed by atoms with van der Waals surface area (Å²) in [5, 5.41) is 0.0566. The number of carbonyl (C=O) groups is 1. The lowest BCUT2D eigenvalue weighted by Crippen LogP contribution is -2.15.